The van der Waals surface area contributed by atoms with Gasteiger partial charge in [0.25, 0.3) is 5.91 Å². The number of piperazine rings is 1. The molecule has 3 heterocycles. The Kier molecular flexibility index (Phi) is 5.04. The maximum Gasteiger partial charge on any atom is 0.253 e. The summed E-state index contributed by atoms with van der Waals surface area (Å²) in [7, 11) is 0. The van der Waals surface area contributed by atoms with E-state index < -0.39 is 0 Å². The van der Waals surface area contributed by atoms with Crippen LogP contribution in [0.4, 0.5) is 5.69 Å². The number of carbonyl (C=O) groups excluding carboxylic acids is 2. The van der Waals surface area contributed by atoms with E-state index in [0.717, 1.165) is 51.4 Å². The van der Waals surface area contributed by atoms with Crippen LogP contribution in [0.2, 0.25) is 0 Å². The van der Waals surface area contributed by atoms with E-state index in [0.29, 0.717) is 12.0 Å². The SMILES string of the molecule is O=C(c1ccc(N2CCCC2=O)cc1)N1CCN(Cc2cccs2)CC1. The molecule has 2 aliphatic heterocycles. The summed E-state index contributed by atoms with van der Waals surface area (Å²) < 4.78 is 0. The summed E-state index contributed by atoms with van der Waals surface area (Å²) in [4.78, 5) is 32.1. The van der Waals surface area contributed by atoms with Crippen LogP contribution >= 0.6 is 11.3 Å². The van der Waals surface area contributed by atoms with Gasteiger partial charge in [-0.2, -0.15) is 0 Å². The fraction of sp³-hybridized carbons (Fsp3) is 0.400. The smallest absolute Gasteiger partial charge is 0.253 e. The summed E-state index contributed by atoms with van der Waals surface area (Å²) in [6.07, 6.45) is 1.53. The molecule has 0 aliphatic carbocycles. The van der Waals surface area contributed by atoms with E-state index in [2.05, 4.69) is 22.4 Å². The fourth-order valence-electron chi connectivity index (χ4n) is 3.62. The average Bonchev–Trinajstić information content (AvgIpc) is 3.34. The number of rotatable bonds is 4. The molecule has 6 heteroatoms. The van der Waals surface area contributed by atoms with E-state index in [1.165, 1.54) is 4.88 Å². The summed E-state index contributed by atoms with van der Waals surface area (Å²) in [5, 5.41) is 2.11. The molecule has 2 saturated heterocycles. The first-order valence-electron chi connectivity index (χ1n) is 9.15. The molecule has 2 fully saturated rings. The van der Waals surface area contributed by atoms with Gasteiger partial charge in [-0.3, -0.25) is 14.5 Å². The molecule has 5 nitrogen and oxygen atoms in total. The molecule has 0 N–H and O–H groups in total. The van der Waals surface area contributed by atoms with Crippen molar-refractivity contribution >= 4 is 28.8 Å². The monoisotopic (exact) mass is 369 g/mol. The fourth-order valence-corrected chi connectivity index (χ4v) is 4.37. The summed E-state index contributed by atoms with van der Waals surface area (Å²) in [6, 6.07) is 11.7. The van der Waals surface area contributed by atoms with Crippen LogP contribution < -0.4 is 4.90 Å². The lowest BCUT2D eigenvalue weighted by molar-refractivity contribution is -0.117. The first-order chi connectivity index (χ1) is 12.7. The number of benzene rings is 1. The largest absolute Gasteiger partial charge is 0.336 e. The highest BCUT2D eigenvalue weighted by atomic mass is 32.1. The van der Waals surface area contributed by atoms with Crippen molar-refractivity contribution in [3.8, 4) is 0 Å². The molecule has 1 aromatic heterocycles. The predicted molar refractivity (Wildman–Crippen MR) is 104 cm³/mol. The number of hydrogen-bond acceptors (Lipinski definition) is 4. The molecule has 1 aromatic carbocycles. The molecule has 0 bridgehead atoms. The van der Waals surface area contributed by atoms with Crippen molar-refractivity contribution in [2.75, 3.05) is 37.6 Å². The summed E-state index contributed by atoms with van der Waals surface area (Å²) in [5.74, 6) is 0.256. The van der Waals surface area contributed by atoms with Gasteiger partial charge in [0.2, 0.25) is 5.91 Å². The lowest BCUT2D eigenvalue weighted by Crippen LogP contribution is -2.48. The molecule has 136 valence electrons. The Bertz CT molecular complexity index is 765. The number of thiophene rings is 1. The van der Waals surface area contributed by atoms with Gasteiger partial charge in [-0.05, 0) is 42.1 Å². The van der Waals surface area contributed by atoms with E-state index in [-0.39, 0.29) is 11.8 Å². The average molecular weight is 369 g/mol. The van der Waals surface area contributed by atoms with E-state index in [4.69, 9.17) is 0 Å². The van der Waals surface area contributed by atoms with E-state index in [1.54, 1.807) is 16.2 Å². The molecule has 0 saturated carbocycles. The third kappa shape index (κ3) is 3.66. The second-order valence-corrected chi connectivity index (χ2v) is 7.88. The Morgan fingerprint density at radius 2 is 1.77 bits per heavy atom. The highest BCUT2D eigenvalue weighted by Gasteiger charge is 2.24. The van der Waals surface area contributed by atoms with Gasteiger partial charge < -0.3 is 9.80 Å². The topological polar surface area (TPSA) is 43.9 Å². The lowest BCUT2D eigenvalue weighted by Gasteiger charge is -2.34. The first-order valence-corrected chi connectivity index (χ1v) is 10.0. The molecule has 0 spiro atoms. The molecule has 2 aromatic rings. The Morgan fingerprint density at radius 1 is 1.00 bits per heavy atom. The standard InChI is InChI=1S/C20H23N3O2S/c24-19-4-1-9-23(19)17-7-5-16(6-8-17)20(25)22-12-10-21(11-13-22)15-18-3-2-14-26-18/h2-3,5-8,14H,1,4,9-13,15H2. The molecule has 2 amide bonds. The van der Waals surface area contributed by atoms with Crippen molar-refractivity contribution in [2.45, 2.75) is 19.4 Å². The zero-order chi connectivity index (χ0) is 17.9. The molecule has 0 radical (unpaired) electrons. The summed E-state index contributed by atoms with van der Waals surface area (Å²) >= 11 is 1.78. The van der Waals surface area contributed by atoms with Gasteiger partial charge >= 0.3 is 0 Å². The number of amides is 2. The van der Waals surface area contributed by atoms with Crippen molar-refractivity contribution in [3.05, 3.63) is 52.2 Å². The first kappa shape index (κ1) is 17.2. The number of nitrogens with zero attached hydrogens (tertiary/aromatic N) is 3. The van der Waals surface area contributed by atoms with Crippen molar-refractivity contribution in [1.82, 2.24) is 9.80 Å². The van der Waals surface area contributed by atoms with Gasteiger partial charge in [0.05, 0.1) is 0 Å². The van der Waals surface area contributed by atoms with Crippen LogP contribution in [-0.4, -0.2) is 54.3 Å². The molecule has 0 unspecified atom stereocenters. The van der Waals surface area contributed by atoms with E-state index in [9.17, 15) is 9.59 Å². The van der Waals surface area contributed by atoms with Crippen LogP contribution in [0.1, 0.15) is 28.1 Å². The normalized spacial score (nSPS) is 18.5. The van der Waals surface area contributed by atoms with Crippen LogP contribution in [0.15, 0.2) is 41.8 Å². The van der Waals surface area contributed by atoms with Crippen LogP contribution in [-0.2, 0) is 11.3 Å². The highest BCUT2D eigenvalue weighted by Crippen LogP contribution is 2.22. The van der Waals surface area contributed by atoms with Gasteiger partial charge in [-0.25, -0.2) is 0 Å². The van der Waals surface area contributed by atoms with Crippen LogP contribution in [0, 0.1) is 0 Å². The maximum absolute atomic E-state index is 12.7. The van der Waals surface area contributed by atoms with Crippen LogP contribution in [0.5, 0.6) is 0 Å². The van der Waals surface area contributed by atoms with Gasteiger partial charge in [0, 0.05) is 61.8 Å². The Balaban J connectivity index is 1.34. The molecular weight excluding hydrogens is 346 g/mol. The Morgan fingerprint density at radius 3 is 2.38 bits per heavy atom. The minimum Gasteiger partial charge on any atom is -0.336 e. The quantitative estimate of drug-likeness (QED) is 0.832. The van der Waals surface area contributed by atoms with E-state index in [1.807, 2.05) is 29.2 Å². The summed E-state index contributed by atoms with van der Waals surface area (Å²) in [6.45, 7) is 5.08. The minimum absolute atomic E-state index is 0.0834. The molecule has 0 atom stereocenters. The lowest BCUT2D eigenvalue weighted by atomic mass is 10.1. The zero-order valence-electron chi connectivity index (χ0n) is 14.8. The molecular formula is C20H23N3O2S. The maximum atomic E-state index is 12.7. The van der Waals surface area contributed by atoms with Crippen molar-refractivity contribution < 1.29 is 9.59 Å². The second-order valence-electron chi connectivity index (χ2n) is 6.84. The summed E-state index contributed by atoms with van der Waals surface area (Å²) in [5.41, 5.74) is 1.59. The van der Waals surface area contributed by atoms with Crippen LogP contribution in [0.25, 0.3) is 0 Å². The van der Waals surface area contributed by atoms with E-state index >= 15 is 0 Å². The number of hydrogen-bond donors (Lipinski definition) is 0. The van der Waals surface area contributed by atoms with Gasteiger partial charge in [0.1, 0.15) is 0 Å². The van der Waals surface area contributed by atoms with Gasteiger partial charge in [0.15, 0.2) is 0 Å². The van der Waals surface area contributed by atoms with Crippen molar-refractivity contribution in [2.24, 2.45) is 0 Å². The Labute approximate surface area is 157 Å². The molecule has 4 rings (SSSR count). The second kappa shape index (κ2) is 7.60. The van der Waals surface area contributed by atoms with Crippen molar-refractivity contribution in [3.63, 3.8) is 0 Å². The van der Waals surface area contributed by atoms with Crippen LogP contribution in [0.3, 0.4) is 0 Å². The van der Waals surface area contributed by atoms with Gasteiger partial charge in [-0.1, -0.05) is 6.07 Å². The third-order valence-electron chi connectivity index (χ3n) is 5.12. The zero-order valence-corrected chi connectivity index (χ0v) is 15.6. The Hall–Kier alpha value is -2.18. The third-order valence-corrected chi connectivity index (χ3v) is 5.98. The molecule has 2 aliphatic rings. The predicted octanol–water partition coefficient (Wildman–Crippen LogP) is 2.83. The number of anilines is 1. The number of carbonyl (C=O) groups is 2. The van der Waals surface area contributed by atoms with Gasteiger partial charge in [-0.15, -0.1) is 11.3 Å². The highest BCUT2D eigenvalue weighted by molar-refractivity contribution is 7.09. The van der Waals surface area contributed by atoms with Crippen molar-refractivity contribution in [1.29, 1.82) is 0 Å². The minimum atomic E-state index is 0.0834. The molecule has 26 heavy (non-hydrogen) atoms.